The number of aliphatic hydroxyl groups is 2. The van der Waals surface area contributed by atoms with E-state index >= 15 is 0 Å². The lowest BCUT2D eigenvalue weighted by Gasteiger charge is -2.36. The Labute approximate surface area is 761 Å². The van der Waals surface area contributed by atoms with Gasteiger partial charge in [0.15, 0.2) is 24.9 Å². The number of aromatic amines is 4. The highest BCUT2D eigenvalue weighted by Crippen LogP contribution is 2.60. The Morgan fingerprint density at radius 3 is 0.954 bits per heavy atom. The van der Waals surface area contributed by atoms with E-state index in [-0.39, 0.29) is 36.9 Å². The first-order valence-corrected chi connectivity index (χ1v) is 48.0. The number of aromatic nitrogens is 8. The number of H-pyrrole nitrogens is 4. The van der Waals surface area contributed by atoms with Crippen LogP contribution in [-0.4, -0.2) is 216 Å². The van der Waals surface area contributed by atoms with Crippen molar-refractivity contribution in [3.8, 4) is 11.5 Å². The second kappa shape index (κ2) is 43.6. The number of benzene rings is 2. The molecular formula is C76H104Cl4N12O34P4. The van der Waals surface area contributed by atoms with Crippen LogP contribution in [0.1, 0.15) is 136 Å². The monoisotopic (exact) mass is 1990 g/mol. The van der Waals surface area contributed by atoms with Crippen molar-refractivity contribution in [2.75, 3.05) is 26.4 Å². The average molecular weight is 2000 g/mol. The maximum atomic E-state index is 13.6. The number of fused-ring (bicyclic) bond motifs is 2. The molecule has 6 fully saturated rings. The Bertz CT molecular complexity index is 5340. The predicted molar refractivity (Wildman–Crippen MR) is 463 cm³/mol. The standard InChI is InChI=1S/2C22H29ClN3O9P.2C16H23ClN3O8P/c2*1-13(2)33-19(29)14(3)25-36(31,35-15-8-6-5-7-9-15)32-12-16-18(28)22(4,23)20(34-16)26-11-10-17(27)24-21(26)30;2*1-8(2)26-13(22)9(3)19-29(24)25-7-10-12(28-29)16(4,17)14(27-10)20-6-5-11(21)18-15(20)23/h2*5-11,13-14,16,18,20,28H,12H2,1-4H3,(H,25,31)(H,24,27,30);2*5-6,8-10,12,14H,7H2,1-4H3,(H,19,24)(H,18,21,23)/t14?,16-,18-,20-,22-,36?;14-,16-,18-,20-,22-,36?;9-,10-,12-,14-,16-,29+;9-,10-,12-,14-,16-,29-/m1111/s1. The Hall–Kier alpha value is -7.92. The number of halogens is 4. The van der Waals surface area contributed by atoms with E-state index in [0.717, 1.165) is 42.5 Å². The first-order chi connectivity index (χ1) is 60.5. The van der Waals surface area contributed by atoms with Gasteiger partial charge in [0.25, 0.3) is 22.2 Å². The summed E-state index contributed by atoms with van der Waals surface area (Å²) < 4.78 is 145. The molecule has 6 aromatic rings. The number of nitrogens with zero attached hydrogens (tertiary/aromatic N) is 4. The highest BCUT2D eigenvalue weighted by Gasteiger charge is 2.63. The minimum absolute atomic E-state index is 0.141. The largest absolute Gasteiger partial charge is 0.462 e. The van der Waals surface area contributed by atoms with Crippen molar-refractivity contribution >= 4 is 101 Å². The number of hydrogen-bond donors (Lipinski definition) is 10. The van der Waals surface area contributed by atoms with Crippen LogP contribution in [0.25, 0.3) is 0 Å². The van der Waals surface area contributed by atoms with E-state index in [1.165, 1.54) is 66.3 Å². The molecule has 130 heavy (non-hydrogen) atoms. The number of hydrogen-bond acceptors (Lipinski definition) is 34. The first-order valence-electron chi connectivity index (χ1n) is 40.3. The van der Waals surface area contributed by atoms with Gasteiger partial charge in [-0.3, -0.25) is 104 Å². The van der Waals surface area contributed by atoms with Gasteiger partial charge < -0.3 is 57.2 Å². The number of rotatable bonds is 30. The zero-order chi connectivity index (χ0) is 96.5. The second-order valence-corrected chi connectivity index (χ2v) is 42.1. The van der Waals surface area contributed by atoms with Crippen molar-refractivity contribution in [2.24, 2.45) is 0 Å². The van der Waals surface area contributed by atoms with Crippen LogP contribution >= 0.6 is 77.4 Å². The molecule has 0 amide bonds. The quantitative estimate of drug-likeness (QED) is 0.0113. The first kappa shape index (κ1) is 106. The number of carbonyl (C=O) groups excluding carboxylic acids is 4. The molecule has 0 saturated carbocycles. The van der Waals surface area contributed by atoms with E-state index in [1.54, 1.807) is 130 Å². The number of esters is 4. The van der Waals surface area contributed by atoms with Gasteiger partial charge in [-0.1, -0.05) is 36.4 Å². The lowest BCUT2D eigenvalue weighted by atomic mass is 10.0. The highest BCUT2D eigenvalue weighted by atomic mass is 35.5. The fourth-order valence-corrected chi connectivity index (χ4v) is 21.2. The lowest BCUT2D eigenvalue weighted by molar-refractivity contribution is -0.150. The van der Waals surface area contributed by atoms with E-state index in [0.29, 0.717) is 0 Å². The van der Waals surface area contributed by atoms with Gasteiger partial charge in [0.2, 0.25) is 0 Å². The Morgan fingerprint density at radius 1 is 0.431 bits per heavy atom. The zero-order valence-electron chi connectivity index (χ0n) is 72.8. The summed E-state index contributed by atoms with van der Waals surface area (Å²) in [5.41, 5.74) is -5.33. The van der Waals surface area contributed by atoms with Crippen LogP contribution in [0.5, 0.6) is 11.5 Å². The molecule has 6 aliphatic rings. The van der Waals surface area contributed by atoms with E-state index in [2.05, 4.69) is 40.3 Å². The van der Waals surface area contributed by atoms with Crippen LogP contribution in [0.2, 0.25) is 0 Å². The number of nitrogens with one attached hydrogen (secondary N) is 8. The third-order valence-corrected chi connectivity index (χ3v) is 27.8. The zero-order valence-corrected chi connectivity index (χ0v) is 79.4. The summed E-state index contributed by atoms with van der Waals surface area (Å²) in [5.74, 6) is -2.17. The molecular weight excluding hydrogens is 1890 g/mol. The fourth-order valence-electron chi connectivity index (χ4n) is 13.3. The summed E-state index contributed by atoms with van der Waals surface area (Å²) in [6.07, 6.45) is -9.31. The van der Waals surface area contributed by atoms with Crippen molar-refractivity contribution in [3.05, 3.63) is 193 Å². The van der Waals surface area contributed by atoms with E-state index in [9.17, 15) is 86.0 Å². The van der Waals surface area contributed by atoms with Gasteiger partial charge in [-0.15, -0.1) is 46.4 Å². The molecule has 6 aliphatic heterocycles. The maximum Gasteiger partial charge on any atom is 0.459 e. The SMILES string of the molecule is CC(C)OC(=O)C(C)NP(=O)(OC[C@H]1O[C@@H](n2ccc(=O)[nH]c2=O)[C@](C)(Cl)[C@@H]1O)Oc1ccccc1.CC(C)OC(=O)[C@@H](C)NP(=O)(OC[C@H]1O[C@@H](n2ccc(=O)[nH]c2=O)[C@](C)(Cl)[C@@H]1O)Oc1ccccc1.CC(C)OC(=O)[C@@H](C)N[P@@]1(=O)OC[C@H]2O[C@@H](n3ccc(=O)[nH]c3=O)[C@](C)(Cl)[C@@H]2O1.CC(C)OC(=O)[C@@H](C)N[P@]1(=O)OC[C@H]2O[C@@H](n3ccc(=O)[nH]c3=O)[C@](C)(Cl)[C@@H]2O1. The van der Waals surface area contributed by atoms with Crippen LogP contribution in [0, 0.1) is 0 Å². The lowest BCUT2D eigenvalue weighted by Crippen LogP contribution is -2.47. The molecule has 10 heterocycles. The van der Waals surface area contributed by atoms with Crippen LogP contribution in [0.15, 0.2) is 148 Å². The normalized spacial score (nSPS) is 30.4. The van der Waals surface area contributed by atoms with Crippen LogP contribution in [0.4, 0.5) is 0 Å². The van der Waals surface area contributed by atoms with Gasteiger partial charge in [0, 0.05) is 49.1 Å². The molecule has 46 nitrogen and oxygen atoms in total. The third kappa shape index (κ3) is 26.8. The van der Waals surface area contributed by atoms with E-state index < -0.39 is 243 Å². The van der Waals surface area contributed by atoms with Gasteiger partial charge in [-0.2, -0.15) is 10.2 Å². The van der Waals surface area contributed by atoms with Gasteiger partial charge in [0.05, 0.1) is 50.8 Å². The van der Waals surface area contributed by atoms with Crippen molar-refractivity contribution in [1.82, 2.24) is 58.6 Å². The van der Waals surface area contributed by atoms with E-state index in [1.807, 2.05) is 0 Å². The fraction of sp³-hybridized carbons (Fsp3) is 0.579. The Morgan fingerprint density at radius 2 is 0.692 bits per heavy atom. The summed E-state index contributed by atoms with van der Waals surface area (Å²) in [5, 5.41) is 31.7. The number of para-hydroxylation sites is 2. The molecule has 0 aliphatic carbocycles. The maximum absolute atomic E-state index is 13.6. The van der Waals surface area contributed by atoms with Crippen molar-refractivity contribution in [2.45, 2.75) is 253 Å². The summed E-state index contributed by atoms with van der Waals surface area (Å²) in [6.45, 7) is 24.0. The highest BCUT2D eigenvalue weighted by molar-refractivity contribution is 7.52. The van der Waals surface area contributed by atoms with Crippen molar-refractivity contribution < 1.29 is 122 Å². The summed E-state index contributed by atoms with van der Waals surface area (Å²) in [4.78, 5) is 146. The Balaban J connectivity index is 0.000000196. The molecule has 0 spiro atoms. The van der Waals surface area contributed by atoms with Crippen molar-refractivity contribution in [3.63, 3.8) is 0 Å². The van der Waals surface area contributed by atoms with Gasteiger partial charge >= 0.3 is 77.6 Å². The minimum atomic E-state index is -4.22. The molecule has 10 N–H and O–H groups in total. The summed E-state index contributed by atoms with van der Waals surface area (Å²) in [7, 11) is -16.3. The second-order valence-electron chi connectivity index (χ2n) is 32.1. The Kier molecular flexibility index (Phi) is 35.5. The minimum Gasteiger partial charge on any atom is -0.462 e. The van der Waals surface area contributed by atoms with Crippen LogP contribution < -0.4 is 74.4 Å². The molecule has 0 bridgehead atoms. The predicted octanol–water partition coefficient (Wildman–Crippen LogP) is 5.62. The topological polar surface area (TPSA) is 592 Å². The number of alkyl halides is 4. The molecule has 24 atom stereocenters. The number of ether oxygens (including phenoxy) is 8. The molecule has 12 rings (SSSR count). The third-order valence-electron chi connectivity index (χ3n) is 19.5. The molecule has 2 aromatic carbocycles. The van der Waals surface area contributed by atoms with Gasteiger partial charge in [-0.25, -0.2) is 47.6 Å². The molecule has 54 heteroatoms. The summed E-state index contributed by atoms with van der Waals surface area (Å²) >= 11 is 26.3. The van der Waals surface area contributed by atoms with Crippen molar-refractivity contribution in [1.29, 1.82) is 0 Å². The van der Waals surface area contributed by atoms with Crippen LogP contribution in [-0.2, 0) is 102 Å². The molecule has 4 aromatic heterocycles. The van der Waals surface area contributed by atoms with Crippen LogP contribution in [0.3, 0.4) is 0 Å². The molecule has 3 unspecified atom stereocenters. The van der Waals surface area contributed by atoms with Gasteiger partial charge in [0.1, 0.15) is 104 Å². The smallest absolute Gasteiger partial charge is 0.459 e. The number of carbonyl (C=O) groups is 4. The average Bonchev–Trinajstić information content (AvgIpc) is 1.59. The summed E-state index contributed by atoms with van der Waals surface area (Å²) in [6, 6.07) is 16.8. The number of aliphatic hydroxyl groups excluding tert-OH is 2. The molecule has 6 saturated heterocycles. The molecule has 720 valence electrons. The van der Waals surface area contributed by atoms with E-state index in [4.69, 9.17) is 120 Å². The molecule has 0 radical (unpaired) electrons. The van der Waals surface area contributed by atoms with Gasteiger partial charge in [-0.05, 0) is 135 Å².